The Labute approximate surface area is 159 Å². The van der Waals surface area contributed by atoms with Crippen LogP contribution in [-0.4, -0.2) is 55.7 Å². The SMILES string of the molecule is CCC(C)Oc1c(Br)cc(CN2CCN(CCC#N)CC2)cc1OC. The summed E-state index contributed by atoms with van der Waals surface area (Å²) in [5.74, 6) is 1.55. The van der Waals surface area contributed by atoms with Gasteiger partial charge in [0.1, 0.15) is 0 Å². The first-order valence-electron chi connectivity index (χ1n) is 8.92. The highest BCUT2D eigenvalue weighted by Gasteiger charge is 2.19. The molecule has 0 bridgehead atoms. The van der Waals surface area contributed by atoms with Crippen LogP contribution in [-0.2, 0) is 6.54 Å². The molecule has 0 N–H and O–H groups in total. The third kappa shape index (κ3) is 5.88. The number of halogens is 1. The summed E-state index contributed by atoms with van der Waals surface area (Å²) in [7, 11) is 1.68. The van der Waals surface area contributed by atoms with Gasteiger partial charge in [-0.25, -0.2) is 0 Å². The maximum Gasteiger partial charge on any atom is 0.175 e. The number of benzene rings is 1. The molecule has 0 aliphatic carbocycles. The summed E-state index contributed by atoms with van der Waals surface area (Å²) in [6, 6.07) is 6.42. The van der Waals surface area contributed by atoms with E-state index in [9.17, 15) is 0 Å². The molecule has 6 heteroatoms. The minimum absolute atomic E-state index is 0.150. The Morgan fingerprint density at radius 2 is 1.92 bits per heavy atom. The Morgan fingerprint density at radius 3 is 2.52 bits per heavy atom. The molecular formula is C19H28BrN3O2. The Kier molecular flexibility index (Phi) is 8.01. The van der Waals surface area contributed by atoms with E-state index in [-0.39, 0.29) is 6.10 Å². The molecular weight excluding hydrogens is 382 g/mol. The van der Waals surface area contributed by atoms with Crippen LogP contribution in [0.25, 0.3) is 0 Å². The molecule has 1 unspecified atom stereocenters. The van der Waals surface area contributed by atoms with E-state index < -0.39 is 0 Å². The maximum atomic E-state index is 8.70. The van der Waals surface area contributed by atoms with Crippen molar-refractivity contribution < 1.29 is 9.47 Å². The van der Waals surface area contributed by atoms with Gasteiger partial charge in [-0.15, -0.1) is 0 Å². The van der Waals surface area contributed by atoms with Crippen LogP contribution in [0.15, 0.2) is 16.6 Å². The van der Waals surface area contributed by atoms with Crippen LogP contribution in [0, 0.1) is 11.3 Å². The number of ether oxygens (including phenoxy) is 2. The first-order chi connectivity index (χ1) is 12.1. The van der Waals surface area contributed by atoms with E-state index in [1.807, 2.05) is 0 Å². The monoisotopic (exact) mass is 409 g/mol. The topological polar surface area (TPSA) is 48.7 Å². The fraction of sp³-hybridized carbons (Fsp3) is 0.632. The van der Waals surface area contributed by atoms with Crippen molar-refractivity contribution in [1.29, 1.82) is 5.26 Å². The first-order valence-corrected chi connectivity index (χ1v) is 9.71. The van der Waals surface area contributed by atoms with Crippen molar-refractivity contribution in [2.45, 2.75) is 39.3 Å². The molecule has 1 aromatic carbocycles. The van der Waals surface area contributed by atoms with Gasteiger partial charge in [0, 0.05) is 45.7 Å². The molecule has 1 aliphatic heterocycles. The van der Waals surface area contributed by atoms with E-state index >= 15 is 0 Å². The standard InChI is InChI=1S/C19H28BrN3O2/c1-4-15(2)25-19-17(20)12-16(13-18(19)24-3)14-23-10-8-22(9-11-23)7-5-6-21/h12-13,15H,4-5,7-11,14H2,1-3H3. The van der Waals surface area contributed by atoms with Crippen LogP contribution in [0.3, 0.4) is 0 Å². The van der Waals surface area contributed by atoms with Gasteiger partial charge in [-0.2, -0.15) is 5.26 Å². The fourth-order valence-electron chi connectivity index (χ4n) is 2.90. The van der Waals surface area contributed by atoms with Crippen molar-refractivity contribution in [2.75, 3.05) is 39.8 Å². The van der Waals surface area contributed by atoms with E-state index in [0.717, 1.165) is 61.7 Å². The lowest BCUT2D eigenvalue weighted by atomic mass is 10.1. The van der Waals surface area contributed by atoms with Gasteiger partial charge in [-0.3, -0.25) is 9.80 Å². The van der Waals surface area contributed by atoms with Crippen molar-refractivity contribution in [1.82, 2.24) is 9.80 Å². The van der Waals surface area contributed by atoms with Crippen LogP contribution >= 0.6 is 15.9 Å². The second-order valence-corrected chi connectivity index (χ2v) is 7.33. The van der Waals surface area contributed by atoms with E-state index in [0.29, 0.717) is 6.42 Å². The summed E-state index contributed by atoms with van der Waals surface area (Å²) in [6.45, 7) is 10.0. The molecule has 0 spiro atoms. The second kappa shape index (κ2) is 10.0. The van der Waals surface area contributed by atoms with Crippen LogP contribution in [0.4, 0.5) is 0 Å². The Morgan fingerprint density at radius 1 is 1.24 bits per heavy atom. The van der Waals surface area contributed by atoms with E-state index in [1.54, 1.807) is 7.11 Å². The van der Waals surface area contributed by atoms with Gasteiger partial charge in [-0.1, -0.05) is 6.92 Å². The van der Waals surface area contributed by atoms with Gasteiger partial charge in [0.05, 0.1) is 23.8 Å². The summed E-state index contributed by atoms with van der Waals surface area (Å²) < 4.78 is 12.5. The zero-order chi connectivity index (χ0) is 18.2. The molecule has 2 rings (SSSR count). The third-order valence-electron chi connectivity index (χ3n) is 4.59. The summed E-state index contributed by atoms with van der Waals surface area (Å²) in [5, 5.41) is 8.70. The molecule has 25 heavy (non-hydrogen) atoms. The molecule has 1 saturated heterocycles. The number of nitrogens with zero attached hydrogens (tertiary/aromatic N) is 3. The largest absolute Gasteiger partial charge is 0.493 e. The van der Waals surface area contributed by atoms with E-state index in [1.165, 1.54) is 5.56 Å². The van der Waals surface area contributed by atoms with Crippen LogP contribution in [0.2, 0.25) is 0 Å². The molecule has 0 aromatic heterocycles. The van der Waals surface area contributed by atoms with Crippen molar-refractivity contribution in [3.8, 4) is 17.6 Å². The Hall–Kier alpha value is -1.29. The molecule has 1 aliphatic rings. The number of hydrogen-bond acceptors (Lipinski definition) is 5. The van der Waals surface area contributed by atoms with Crippen molar-refractivity contribution in [3.05, 3.63) is 22.2 Å². The molecule has 1 atom stereocenters. The van der Waals surface area contributed by atoms with Gasteiger partial charge >= 0.3 is 0 Å². The fourth-order valence-corrected chi connectivity index (χ4v) is 3.48. The number of methoxy groups -OCH3 is 1. The highest BCUT2D eigenvalue weighted by Crippen LogP contribution is 2.38. The van der Waals surface area contributed by atoms with E-state index in [4.69, 9.17) is 14.7 Å². The second-order valence-electron chi connectivity index (χ2n) is 6.47. The van der Waals surface area contributed by atoms with Gasteiger partial charge in [0.2, 0.25) is 0 Å². The minimum Gasteiger partial charge on any atom is -0.493 e. The minimum atomic E-state index is 0.150. The average molecular weight is 410 g/mol. The Balaban J connectivity index is 1.99. The molecule has 0 saturated carbocycles. The summed E-state index contributed by atoms with van der Waals surface area (Å²) in [4.78, 5) is 4.80. The number of piperazine rings is 1. The molecule has 0 radical (unpaired) electrons. The maximum absolute atomic E-state index is 8.70. The van der Waals surface area contributed by atoms with Crippen molar-refractivity contribution in [2.24, 2.45) is 0 Å². The van der Waals surface area contributed by atoms with Crippen molar-refractivity contribution >= 4 is 15.9 Å². The smallest absolute Gasteiger partial charge is 0.175 e. The number of hydrogen-bond donors (Lipinski definition) is 0. The summed E-state index contributed by atoms with van der Waals surface area (Å²) >= 11 is 3.64. The van der Waals surface area contributed by atoms with Crippen LogP contribution in [0.1, 0.15) is 32.3 Å². The lowest BCUT2D eigenvalue weighted by Gasteiger charge is -2.34. The quantitative estimate of drug-likeness (QED) is 0.655. The lowest BCUT2D eigenvalue weighted by molar-refractivity contribution is 0.129. The predicted molar refractivity (Wildman–Crippen MR) is 103 cm³/mol. The van der Waals surface area contributed by atoms with E-state index in [2.05, 4.69) is 57.8 Å². The number of nitriles is 1. The molecule has 1 heterocycles. The van der Waals surface area contributed by atoms with Crippen LogP contribution < -0.4 is 9.47 Å². The van der Waals surface area contributed by atoms with Gasteiger partial charge < -0.3 is 9.47 Å². The molecule has 0 amide bonds. The predicted octanol–water partition coefficient (Wildman–Crippen LogP) is 3.67. The summed E-state index contributed by atoms with van der Waals surface area (Å²) in [5.41, 5.74) is 1.21. The van der Waals surface area contributed by atoms with Crippen LogP contribution in [0.5, 0.6) is 11.5 Å². The molecule has 138 valence electrons. The summed E-state index contributed by atoms with van der Waals surface area (Å²) in [6.07, 6.45) is 1.72. The zero-order valence-electron chi connectivity index (χ0n) is 15.4. The highest BCUT2D eigenvalue weighted by atomic mass is 79.9. The molecule has 1 aromatic rings. The zero-order valence-corrected chi connectivity index (χ0v) is 17.0. The average Bonchev–Trinajstić information content (AvgIpc) is 2.62. The highest BCUT2D eigenvalue weighted by molar-refractivity contribution is 9.10. The molecule has 5 nitrogen and oxygen atoms in total. The third-order valence-corrected chi connectivity index (χ3v) is 5.18. The number of rotatable bonds is 8. The first kappa shape index (κ1) is 20.0. The lowest BCUT2D eigenvalue weighted by Crippen LogP contribution is -2.46. The van der Waals surface area contributed by atoms with Gasteiger partial charge in [-0.05, 0) is 47.0 Å². The van der Waals surface area contributed by atoms with Gasteiger partial charge in [0.15, 0.2) is 11.5 Å². The van der Waals surface area contributed by atoms with Gasteiger partial charge in [0.25, 0.3) is 0 Å². The van der Waals surface area contributed by atoms with Crippen molar-refractivity contribution in [3.63, 3.8) is 0 Å². The normalized spacial score (nSPS) is 17.1. The Bertz CT molecular complexity index is 595. The molecule has 1 fully saturated rings.